The molecule has 3 nitrogen and oxygen atoms in total. The minimum absolute atomic E-state index is 0.235. The lowest BCUT2D eigenvalue weighted by Gasteiger charge is -2.33. The maximum atomic E-state index is 5.22. The summed E-state index contributed by atoms with van der Waals surface area (Å²) in [6.45, 7) is 10.9. The van der Waals surface area contributed by atoms with Gasteiger partial charge in [-0.2, -0.15) is 0 Å². The normalized spacial score (nSPS) is 28.0. The fourth-order valence-electron chi connectivity index (χ4n) is 2.17. The van der Waals surface area contributed by atoms with Crippen LogP contribution in [0.15, 0.2) is 0 Å². The van der Waals surface area contributed by atoms with Crippen molar-refractivity contribution < 1.29 is 4.74 Å². The lowest BCUT2D eigenvalue weighted by Crippen LogP contribution is -2.49. The van der Waals surface area contributed by atoms with E-state index in [0.29, 0.717) is 6.04 Å². The zero-order chi connectivity index (χ0) is 11.3. The fraction of sp³-hybridized carbons (Fsp3) is 1.00. The van der Waals surface area contributed by atoms with Crippen LogP contribution in [0.5, 0.6) is 0 Å². The molecule has 1 aliphatic heterocycles. The van der Waals surface area contributed by atoms with Crippen LogP contribution in [0, 0.1) is 11.3 Å². The molecule has 90 valence electrons. The molecule has 0 aliphatic carbocycles. The number of hydrogen-bond acceptors (Lipinski definition) is 3. The Bertz CT molecular complexity index is 182. The summed E-state index contributed by atoms with van der Waals surface area (Å²) in [6, 6.07) is 0.669. The lowest BCUT2D eigenvalue weighted by molar-refractivity contribution is 0.0977. The summed E-state index contributed by atoms with van der Waals surface area (Å²) in [5, 5.41) is 7.10. The number of ether oxygens (including phenoxy) is 1. The van der Waals surface area contributed by atoms with Gasteiger partial charge in [-0.3, -0.25) is 0 Å². The molecule has 1 rings (SSSR count). The van der Waals surface area contributed by atoms with E-state index >= 15 is 0 Å². The Morgan fingerprint density at radius 2 is 2.20 bits per heavy atom. The van der Waals surface area contributed by atoms with Gasteiger partial charge in [0.1, 0.15) is 0 Å². The number of hydrogen-bond donors (Lipinski definition) is 2. The van der Waals surface area contributed by atoms with Crippen molar-refractivity contribution in [1.82, 2.24) is 10.6 Å². The van der Waals surface area contributed by atoms with Gasteiger partial charge in [0, 0.05) is 25.1 Å². The molecule has 2 unspecified atom stereocenters. The van der Waals surface area contributed by atoms with E-state index in [-0.39, 0.29) is 5.41 Å². The molecule has 0 aromatic heterocycles. The van der Waals surface area contributed by atoms with E-state index in [1.54, 1.807) is 7.11 Å². The van der Waals surface area contributed by atoms with Crippen molar-refractivity contribution >= 4 is 0 Å². The second-order valence-electron chi connectivity index (χ2n) is 5.55. The van der Waals surface area contributed by atoms with Gasteiger partial charge in [-0.25, -0.2) is 0 Å². The van der Waals surface area contributed by atoms with Crippen LogP contribution in [0.4, 0.5) is 0 Å². The molecule has 2 atom stereocenters. The highest BCUT2D eigenvalue weighted by Gasteiger charge is 2.24. The molecule has 0 amide bonds. The molecule has 3 heteroatoms. The van der Waals surface area contributed by atoms with Crippen molar-refractivity contribution in [1.29, 1.82) is 0 Å². The summed E-state index contributed by atoms with van der Waals surface area (Å²) in [6.07, 6.45) is 1.24. The van der Waals surface area contributed by atoms with Crippen LogP contribution in [0.2, 0.25) is 0 Å². The highest BCUT2D eigenvalue weighted by Crippen LogP contribution is 2.16. The number of piperidine rings is 1. The summed E-state index contributed by atoms with van der Waals surface area (Å²) in [5.74, 6) is 0.733. The molecule has 0 saturated carbocycles. The minimum Gasteiger partial charge on any atom is -0.384 e. The molecule has 2 N–H and O–H groups in total. The van der Waals surface area contributed by atoms with E-state index in [4.69, 9.17) is 4.74 Å². The first-order valence-corrected chi connectivity index (χ1v) is 5.98. The molecule has 15 heavy (non-hydrogen) atoms. The van der Waals surface area contributed by atoms with Crippen LogP contribution < -0.4 is 10.6 Å². The Hall–Kier alpha value is -0.120. The molecule has 1 fully saturated rings. The second-order valence-corrected chi connectivity index (χ2v) is 5.55. The Kier molecular flexibility index (Phi) is 5.03. The highest BCUT2D eigenvalue weighted by atomic mass is 16.5. The van der Waals surface area contributed by atoms with E-state index in [9.17, 15) is 0 Å². The number of rotatable bonds is 5. The highest BCUT2D eigenvalue weighted by molar-refractivity contribution is 4.83. The summed E-state index contributed by atoms with van der Waals surface area (Å²) < 4.78 is 5.22. The Balaban J connectivity index is 2.28. The fourth-order valence-corrected chi connectivity index (χ4v) is 2.17. The second kappa shape index (κ2) is 5.83. The molecule has 0 aromatic rings. The smallest absolute Gasteiger partial charge is 0.0525 e. The van der Waals surface area contributed by atoms with Crippen molar-refractivity contribution in [3.05, 3.63) is 0 Å². The van der Waals surface area contributed by atoms with Crippen molar-refractivity contribution in [3.63, 3.8) is 0 Å². The summed E-state index contributed by atoms with van der Waals surface area (Å²) in [4.78, 5) is 0. The zero-order valence-corrected chi connectivity index (χ0v) is 10.6. The predicted octanol–water partition coefficient (Wildman–Crippen LogP) is 1.25. The third kappa shape index (κ3) is 4.49. The van der Waals surface area contributed by atoms with E-state index in [1.807, 2.05) is 0 Å². The minimum atomic E-state index is 0.235. The van der Waals surface area contributed by atoms with E-state index in [2.05, 4.69) is 31.4 Å². The molecule has 0 spiro atoms. The molecular formula is C12H26N2O. The van der Waals surface area contributed by atoms with E-state index < -0.39 is 0 Å². The first kappa shape index (κ1) is 12.9. The van der Waals surface area contributed by atoms with Crippen LogP contribution in [0.3, 0.4) is 0 Å². The Labute approximate surface area is 94.0 Å². The van der Waals surface area contributed by atoms with Crippen molar-refractivity contribution in [2.24, 2.45) is 11.3 Å². The van der Waals surface area contributed by atoms with Gasteiger partial charge in [-0.15, -0.1) is 0 Å². The maximum absolute atomic E-state index is 5.22. The third-order valence-electron chi connectivity index (χ3n) is 3.16. The van der Waals surface area contributed by atoms with Crippen LogP contribution in [0.1, 0.15) is 27.2 Å². The molecule has 0 bridgehead atoms. The van der Waals surface area contributed by atoms with Gasteiger partial charge in [0.15, 0.2) is 0 Å². The van der Waals surface area contributed by atoms with Gasteiger partial charge in [0.05, 0.1) is 6.61 Å². The predicted molar refractivity (Wildman–Crippen MR) is 64.1 cm³/mol. The molecule has 0 radical (unpaired) electrons. The van der Waals surface area contributed by atoms with Gasteiger partial charge in [-0.1, -0.05) is 20.8 Å². The topological polar surface area (TPSA) is 33.3 Å². The maximum Gasteiger partial charge on any atom is 0.0525 e. The van der Waals surface area contributed by atoms with Gasteiger partial charge < -0.3 is 15.4 Å². The molecule has 1 saturated heterocycles. The van der Waals surface area contributed by atoms with Gasteiger partial charge in [-0.05, 0) is 25.4 Å². The Morgan fingerprint density at radius 3 is 2.80 bits per heavy atom. The number of nitrogens with one attached hydrogen (secondary N) is 2. The quantitative estimate of drug-likeness (QED) is 0.722. The van der Waals surface area contributed by atoms with Crippen LogP contribution in [0.25, 0.3) is 0 Å². The van der Waals surface area contributed by atoms with E-state index in [0.717, 1.165) is 32.2 Å². The monoisotopic (exact) mass is 214 g/mol. The van der Waals surface area contributed by atoms with Gasteiger partial charge >= 0.3 is 0 Å². The van der Waals surface area contributed by atoms with Gasteiger partial charge in [0.25, 0.3) is 0 Å². The third-order valence-corrected chi connectivity index (χ3v) is 3.16. The molecule has 0 aromatic carbocycles. The van der Waals surface area contributed by atoms with Gasteiger partial charge in [0.2, 0.25) is 0 Å². The van der Waals surface area contributed by atoms with Crippen LogP contribution in [-0.4, -0.2) is 39.4 Å². The van der Waals surface area contributed by atoms with Crippen LogP contribution >= 0.6 is 0 Å². The first-order valence-electron chi connectivity index (χ1n) is 5.98. The Morgan fingerprint density at radius 1 is 1.47 bits per heavy atom. The summed E-state index contributed by atoms with van der Waals surface area (Å²) in [5.41, 5.74) is 0.235. The summed E-state index contributed by atoms with van der Waals surface area (Å²) >= 11 is 0. The summed E-state index contributed by atoms with van der Waals surface area (Å²) in [7, 11) is 1.77. The molecule has 1 heterocycles. The molecule has 1 aliphatic rings. The number of methoxy groups -OCH3 is 1. The first-order chi connectivity index (χ1) is 7.05. The van der Waals surface area contributed by atoms with E-state index in [1.165, 1.54) is 6.42 Å². The lowest BCUT2D eigenvalue weighted by atomic mass is 9.91. The van der Waals surface area contributed by atoms with Crippen molar-refractivity contribution in [2.75, 3.05) is 33.4 Å². The van der Waals surface area contributed by atoms with Crippen molar-refractivity contribution in [3.8, 4) is 0 Å². The van der Waals surface area contributed by atoms with Crippen molar-refractivity contribution in [2.45, 2.75) is 33.2 Å². The zero-order valence-electron chi connectivity index (χ0n) is 10.6. The SMILES string of the molecule is COCC(C)(C)CNC1CCNCC1C. The average Bonchev–Trinajstić information content (AvgIpc) is 2.16. The molecular weight excluding hydrogens is 188 g/mol. The average molecular weight is 214 g/mol. The largest absolute Gasteiger partial charge is 0.384 e. The van der Waals surface area contributed by atoms with Crippen LogP contribution in [-0.2, 0) is 4.74 Å². The standard InChI is InChI=1S/C12H26N2O/c1-10-7-13-6-5-11(10)14-8-12(2,3)9-15-4/h10-11,13-14H,5-9H2,1-4H3.